The van der Waals surface area contributed by atoms with Gasteiger partial charge in [-0.2, -0.15) is 23.1 Å². The van der Waals surface area contributed by atoms with Crippen molar-refractivity contribution in [3.63, 3.8) is 0 Å². The predicted molar refractivity (Wildman–Crippen MR) is 128 cm³/mol. The Morgan fingerprint density at radius 2 is 1.74 bits per heavy atom. The van der Waals surface area contributed by atoms with Gasteiger partial charge in [-0.15, -0.1) is 0 Å². The first-order chi connectivity index (χ1) is 17.0. The van der Waals surface area contributed by atoms with Crippen LogP contribution in [0.1, 0.15) is 54.8 Å². The number of aromatic nitrogens is 5. The summed E-state index contributed by atoms with van der Waals surface area (Å²) in [5.41, 5.74) is 2.13. The molecule has 0 unspecified atom stereocenters. The Bertz CT molecular complexity index is 1280. The van der Waals surface area contributed by atoms with Crippen molar-refractivity contribution < 1.29 is 13.2 Å². The second kappa shape index (κ2) is 9.89. The summed E-state index contributed by atoms with van der Waals surface area (Å²) in [6, 6.07) is 9.42. The number of rotatable bonds is 7. The van der Waals surface area contributed by atoms with Crippen LogP contribution in [-0.4, -0.2) is 24.5 Å². The Morgan fingerprint density at radius 1 is 0.943 bits per heavy atom. The molecule has 35 heavy (non-hydrogen) atoms. The van der Waals surface area contributed by atoms with Gasteiger partial charge in [0.05, 0.1) is 11.9 Å². The van der Waals surface area contributed by atoms with Gasteiger partial charge in [0.2, 0.25) is 5.95 Å². The minimum absolute atomic E-state index is 0.175. The van der Waals surface area contributed by atoms with Crippen molar-refractivity contribution in [2.24, 2.45) is 0 Å². The molecule has 0 saturated heterocycles. The summed E-state index contributed by atoms with van der Waals surface area (Å²) in [6.45, 7) is 0.665. The molecule has 10 heteroatoms. The smallest absolute Gasteiger partial charge is 0.364 e. The maximum absolute atomic E-state index is 13.1. The number of anilines is 2. The van der Waals surface area contributed by atoms with E-state index in [0.717, 1.165) is 30.5 Å². The Balaban J connectivity index is 1.44. The summed E-state index contributed by atoms with van der Waals surface area (Å²) in [6.07, 6.45) is 6.61. The summed E-state index contributed by atoms with van der Waals surface area (Å²) < 4.78 is 41.5. The summed E-state index contributed by atoms with van der Waals surface area (Å²) in [5, 5.41) is 6.44. The van der Waals surface area contributed by atoms with Gasteiger partial charge >= 0.3 is 6.18 Å². The fraction of sp³-hybridized carbons (Fsp3) is 0.360. The highest BCUT2D eigenvalue weighted by molar-refractivity contribution is 5.84. The van der Waals surface area contributed by atoms with Crippen LogP contribution in [-0.2, 0) is 19.3 Å². The molecular weight excluding hydrogens is 455 g/mol. The van der Waals surface area contributed by atoms with Gasteiger partial charge in [0.15, 0.2) is 17.0 Å². The van der Waals surface area contributed by atoms with E-state index in [9.17, 15) is 13.2 Å². The van der Waals surface area contributed by atoms with Gasteiger partial charge in [0.1, 0.15) is 0 Å². The van der Waals surface area contributed by atoms with Crippen molar-refractivity contribution in [2.75, 3.05) is 10.6 Å². The summed E-state index contributed by atoms with van der Waals surface area (Å²) >= 11 is 0. The second-order valence-corrected chi connectivity index (χ2v) is 8.78. The van der Waals surface area contributed by atoms with E-state index in [1.165, 1.54) is 25.3 Å². The molecule has 0 spiro atoms. The first-order valence-corrected chi connectivity index (χ1v) is 11.7. The molecule has 1 fully saturated rings. The van der Waals surface area contributed by atoms with Crippen LogP contribution in [0.15, 0.2) is 55.1 Å². The highest BCUT2D eigenvalue weighted by Gasteiger charge is 2.30. The van der Waals surface area contributed by atoms with Crippen LogP contribution in [0.2, 0.25) is 0 Å². The molecule has 0 radical (unpaired) electrons. The lowest BCUT2D eigenvalue weighted by Crippen LogP contribution is -2.14. The minimum Gasteiger partial charge on any atom is -0.364 e. The van der Waals surface area contributed by atoms with Crippen LogP contribution in [0.3, 0.4) is 0 Å². The Morgan fingerprint density at radius 3 is 2.51 bits per heavy atom. The summed E-state index contributed by atoms with van der Waals surface area (Å²) in [4.78, 5) is 18.1. The van der Waals surface area contributed by atoms with Crippen LogP contribution < -0.4 is 10.6 Å². The van der Waals surface area contributed by atoms with Crippen molar-refractivity contribution in [3.05, 3.63) is 71.8 Å². The van der Waals surface area contributed by atoms with Crippen LogP contribution in [0.4, 0.5) is 24.9 Å². The van der Waals surface area contributed by atoms with E-state index in [1.807, 2.05) is 12.1 Å². The lowest BCUT2D eigenvalue weighted by Gasteiger charge is -2.23. The maximum Gasteiger partial charge on any atom is 0.416 e. The Hall–Kier alpha value is -3.69. The van der Waals surface area contributed by atoms with E-state index in [-0.39, 0.29) is 6.54 Å². The molecule has 0 aliphatic heterocycles. The molecule has 4 aromatic rings. The van der Waals surface area contributed by atoms with Crippen molar-refractivity contribution in [1.82, 2.24) is 24.5 Å². The zero-order valence-electron chi connectivity index (χ0n) is 19.1. The van der Waals surface area contributed by atoms with E-state index >= 15 is 0 Å². The van der Waals surface area contributed by atoms with E-state index in [0.29, 0.717) is 41.1 Å². The van der Waals surface area contributed by atoms with Gasteiger partial charge in [-0.3, -0.25) is 4.98 Å². The van der Waals surface area contributed by atoms with Crippen LogP contribution in [0, 0.1) is 0 Å². The number of benzene rings is 1. The SMILES string of the molecule is FC(F)(F)c1cccc(CNc2nc(NCc3cccnc3)nc3c2ncn3C2CCCCC2)c1. The van der Waals surface area contributed by atoms with Gasteiger partial charge in [-0.25, -0.2) is 4.98 Å². The molecule has 1 aliphatic carbocycles. The third-order valence-corrected chi connectivity index (χ3v) is 6.28. The lowest BCUT2D eigenvalue weighted by molar-refractivity contribution is -0.137. The molecule has 5 rings (SSSR count). The van der Waals surface area contributed by atoms with Crippen LogP contribution in [0.25, 0.3) is 11.2 Å². The third-order valence-electron chi connectivity index (χ3n) is 6.28. The van der Waals surface area contributed by atoms with Crippen LogP contribution in [0.5, 0.6) is 0 Å². The van der Waals surface area contributed by atoms with Gasteiger partial charge in [-0.1, -0.05) is 37.5 Å². The molecule has 1 saturated carbocycles. The molecule has 3 heterocycles. The van der Waals surface area contributed by atoms with Crippen molar-refractivity contribution >= 4 is 22.9 Å². The molecule has 1 aliphatic rings. The van der Waals surface area contributed by atoms with E-state index in [1.54, 1.807) is 24.8 Å². The van der Waals surface area contributed by atoms with E-state index in [4.69, 9.17) is 4.98 Å². The molecule has 2 N–H and O–H groups in total. The lowest BCUT2D eigenvalue weighted by atomic mass is 9.95. The molecule has 0 atom stereocenters. The summed E-state index contributed by atoms with van der Waals surface area (Å²) in [5.74, 6) is 0.904. The normalized spacial score (nSPS) is 14.8. The monoisotopic (exact) mass is 481 g/mol. The minimum atomic E-state index is -4.39. The molecule has 3 aromatic heterocycles. The Labute approximate surface area is 200 Å². The number of fused-ring (bicyclic) bond motifs is 1. The van der Waals surface area contributed by atoms with Gasteiger partial charge in [0, 0.05) is 31.5 Å². The number of alkyl halides is 3. The van der Waals surface area contributed by atoms with Crippen molar-refractivity contribution in [3.8, 4) is 0 Å². The van der Waals surface area contributed by atoms with Crippen LogP contribution >= 0.6 is 0 Å². The number of nitrogens with zero attached hydrogens (tertiary/aromatic N) is 5. The van der Waals surface area contributed by atoms with Crippen molar-refractivity contribution in [2.45, 2.75) is 57.4 Å². The molecule has 182 valence electrons. The largest absolute Gasteiger partial charge is 0.416 e. The molecule has 0 bridgehead atoms. The predicted octanol–water partition coefficient (Wildman–Crippen LogP) is 5.97. The number of nitrogens with one attached hydrogen (secondary N) is 2. The molecule has 7 nitrogen and oxygen atoms in total. The average Bonchev–Trinajstić information content (AvgIpc) is 3.31. The maximum atomic E-state index is 13.1. The highest BCUT2D eigenvalue weighted by atomic mass is 19.4. The Kier molecular flexibility index (Phi) is 6.52. The zero-order chi connectivity index (χ0) is 24.3. The average molecular weight is 482 g/mol. The number of hydrogen-bond acceptors (Lipinski definition) is 6. The van der Waals surface area contributed by atoms with E-state index < -0.39 is 11.7 Å². The topological polar surface area (TPSA) is 80.6 Å². The molecule has 0 amide bonds. The zero-order valence-corrected chi connectivity index (χ0v) is 19.1. The first kappa shape index (κ1) is 23.1. The molecule has 1 aromatic carbocycles. The van der Waals surface area contributed by atoms with Gasteiger partial charge in [0.25, 0.3) is 0 Å². The third kappa shape index (κ3) is 5.36. The van der Waals surface area contributed by atoms with E-state index in [2.05, 4.69) is 30.2 Å². The van der Waals surface area contributed by atoms with Crippen molar-refractivity contribution in [1.29, 1.82) is 0 Å². The molecular formula is C25H26F3N7. The number of halogens is 3. The number of imidazole rings is 1. The fourth-order valence-corrected chi connectivity index (χ4v) is 4.47. The fourth-order valence-electron chi connectivity index (χ4n) is 4.47. The standard InChI is InChI=1S/C25H26F3N7/c26-25(27,28)19-8-4-6-17(12-19)14-30-22-21-23(35(16-32-21)20-9-2-1-3-10-20)34-24(33-22)31-15-18-7-5-11-29-13-18/h4-8,11-13,16,20H,1-3,9-10,14-15H2,(H2,30,31,33,34). The number of pyridine rings is 1. The highest BCUT2D eigenvalue weighted by Crippen LogP contribution is 2.33. The van der Waals surface area contributed by atoms with Gasteiger partial charge in [-0.05, 0) is 42.2 Å². The summed E-state index contributed by atoms with van der Waals surface area (Å²) in [7, 11) is 0. The second-order valence-electron chi connectivity index (χ2n) is 8.78. The van der Waals surface area contributed by atoms with Gasteiger partial charge < -0.3 is 15.2 Å². The first-order valence-electron chi connectivity index (χ1n) is 11.7. The number of hydrogen-bond donors (Lipinski definition) is 2. The quantitative estimate of drug-likeness (QED) is 0.339.